The van der Waals surface area contributed by atoms with Gasteiger partial charge in [-0.15, -0.1) is 0 Å². The lowest BCUT2D eigenvalue weighted by Crippen LogP contribution is -2.54. The molecule has 0 unspecified atom stereocenters. The monoisotopic (exact) mass is 606 g/mol. The Morgan fingerprint density at radius 3 is 2.53 bits per heavy atom. The van der Waals surface area contributed by atoms with Gasteiger partial charge in [0.1, 0.15) is 11.3 Å². The van der Waals surface area contributed by atoms with Crippen LogP contribution in [0.5, 0.6) is 5.75 Å². The number of rotatable bonds is 4. The summed E-state index contributed by atoms with van der Waals surface area (Å²) in [6.07, 6.45) is 2.60. The van der Waals surface area contributed by atoms with Crippen molar-refractivity contribution >= 4 is 74.1 Å². The van der Waals surface area contributed by atoms with Gasteiger partial charge in [-0.25, -0.2) is 14.5 Å². The molecule has 1 aliphatic rings. The van der Waals surface area contributed by atoms with Crippen LogP contribution in [0.4, 0.5) is 10.5 Å². The van der Waals surface area contributed by atoms with E-state index in [0.717, 1.165) is 8.47 Å². The quantitative estimate of drug-likeness (QED) is 0.154. The number of carbonyl (C=O) groups excluding carboxylic acids is 4. The maximum atomic E-state index is 13.1. The van der Waals surface area contributed by atoms with Crippen LogP contribution >= 0.6 is 38.5 Å². The summed E-state index contributed by atoms with van der Waals surface area (Å²) in [5, 5.41) is 2.16. The molecule has 160 valence electrons. The number of amides is 4. The average Bonchev–Trinajstić information content (AvgIpc) is 3.29. The molecule has 4 amide bonds. The fourth-order valence-electron chi connectivity index (χ4n) is 2.91. The summed E-state index contributed by atoms with van der Waals surface area (Å²) in [7, 11) is 0. The molecule has 10 heteroatoms. The maximum Gasteiger partial charge on any atom is 0.379 e. The number of halogens is 2. The van der Waals surface area contributed by atoms with Crippen molar-refractivity contribution in [3.05, 3.63) is 85.8 Å². The highest BCUT2D eigenvalue weighted by molar-refractivity contribution is 14.1. The molecule has 0 aliphatic carbocycles. The Hall–Kier alpha value is -3.25. The van der Waals surface area contributed by atoms with Gasteiger partial charge in [0.2, 0.25) is 5.76 Å². The van der Waals surface area contributed by atoms with Crippen LogP contribution in [0.1, 0.15) is 16.1 Å². The predicted molar refractivity (Wildman–Crippen MR) is 126 cm³/mol. The Balaban J connectivity index is 1.71. The number of hydrogen-bond donors (Lipinski definition) is 1. The van der Waals surface area contributed by atoms with E-state index in [2.05, 4.69) is 43.8 Å². The van der Waals surface area contributed by atoms with Crippen molar-refractivity contribution in [3.8, 4) is 5.75 Å². The van der Waals surface area contributed by atoms with E-state index >= 15 is 0 Å². The minimum absolute atomic E-state index is 0.00603. The van der Waals surface area contributed by atoms with Gasteiger partial charge in [0.15, 0.2) is 0 Å². The van der Waals surface area contributed by atoms with Crippen LogP contribution in [-0.4, -0.2) is 23.8 Å². The molecule has 32 heavy (non-hydrogen) atoms. The second-order valence-corrected chi connectivity index (χ2v) is 8.64. The Morgan fingerprint density at radius 1 is 1.09 bits per heavy atom. The lowest BCUT2D eigenvalue weighted by atomic mass is 10.1. The van der Waals surface area contributed by atoms with Crippen LogP contribution in [-0.2, 0) is 9.59 Å². The molecule has 1 aliphatic heterocycles. The topological polar surface area (TPSA) is 106 Å². The van der Waals surface area contributed by atoms with E-state index in [9.17, 15) is 19.2 Å². The van der Waals surface area contributed by atoms with Crippen molar-refractivity contribution in [2.45, 2.75) is 0 Å². The van der Waals surface area contributed by atoms with E-state index < -0.39 is 23.8 Å². The molecule has 2 aromatic carbocycles. The number of ether oxygens (including phenoxy) is 1. The SMILES string of the molecule is O=C1NC(=O)N(c2ccc(I)cc2)C(=O)/C1=C\c1cc(Br)ccc1OC(=O)c1ccco1. The number of urea groups is 1. The van der Waals surface area contributed by atoms with Crippen molar-refractivity contribution in [2.24, 2.45) is 0 Å². The highest BCUT2D eigenvalue weighted by Crippen LogP contribution is 2.29. The van der Waals surface area contributed by atoms with Gasteiger partial charge in [0, 0.05) is 13.6 Å². The fourth-order valence-corrected chi connectivity index (χ4v) is 3.65. The average molecular weight is 607 g/mol. The zero-order valence-electron chi connectivity index (χ0n) is 16.0. The molecule has 0 atom stereocenters. The molecule has 0 saturated carbocycles. The third kappa shape index (κ3) is 4.50. The van der Waals surface area contributed by atoms with Gasteiger partial charge in [-0.2, -0.15) is 0 Å². The van der Waals surface area contributed by atoms with Crippen LogP contribution in [0, 0.1) is 3.57 Å². The van der Waals surface area contributed by atoms with Gasteiger partial charge >= 0.3 is 12.0 Å². The summed E-state index contributed by atoms with van der Waals surface area (Å²) in [6, 6.07) is 13.5. The Morgan fingerprint density at radius 2 is 1.84 bits per heavy atom. The number of furan rings is 1. The van der Waals surface area contributed by atoms with E-state index in [1.807, 2.05) is 0 Å². The number of barbiturate groups is 1. The first-order valence-corrected chi connectivity index (χ1v) is 10.9. The Labute approximate surface area is 203 Å². The number of anilines is 1. The normalized spacial score (nSPS) is 15.1. The lowest BCUT2D eigenvalue weighted by Gasteiger charge is -2.26. The lowest BCUT2D eigenvalue weighted by molar-refractivity contribution is -0.122. The molecule has 0 spiro atoms. The number of carbonyl (C=O) groups is 4. The fraction of sp³-hybridized carbons (Fsp3) is 0. The molecule has 2 heterocycles. The van der Waals surface area contributed by atoms with Crippen LogP contribution in [0.2, 0.25) is 0 Å². The summed E-state index contributed by atoms with van der Waals surface area (Å²) in [5.74, 6) is -2.31. The van der Waals surface area contributed by atoms with Crippen molar-refractivity contribution in [3.63, 3.8) is 0 Å². The van der Waals surface area contributed by atoms with Crippen molar-refractivity contribution < 1.29 is 28.3 Å². The minimum Gasteiger partial charge on any atom is -0.457 e. The first kappa shape index (κ1) is 22.0. The molecule has 1 saturated heterocycles. The van der Waals surface area contributed by atoms with Crippen molar-refractivity contribution in [1.29, 1.82) is 0 Å². The van der Waals surface area contributed by atoms with Gasteiger partial charge in [-0.1, -0.05) is 15.9 Å². The number of nitrogens with one attached hydrogen (secondary N) is 1. The second-order valence-electron chi connectivity index (χ2n) is 6.48. The van der Waals surface area contributed by atoms with Crippen LogP contribution in [0.25, 0.3) is 6.08 Å². The van der Waals surface area contributed by atoms with Gasteiger partial charge < -0.3 is 9.15 Å². The van der Waals surface area contributed by atoms with Gasteiger partial charge in [-0.05, 0) is 83.3 Å². The highest BCUT2D eigenvalue weighted by atomic mass is 127. The first-order valence-electron chi connectivity index (χ1n) is 9.06. The van der Waals surface area contributed by atoms with Crippen LogP contribution in [0.3, 0.4) is 0 Å². The molecule has 1 aromatic heterocycles. The number of imide groups is 2. The predicted octanol–water partition coefficient (Wildman–Crippen LogP) is 4.53. The standard InChI is InChI=1S/C22H12BrIN2O6/c23-13-3-8-17(32-21(29)18-2-1-9-31-18)12(10-13)11-16-19(27)25-22(30)26(20(16)28)15-6-4-14(24)5-7-15/h1-11H,(H,25,27,30)/b16-11-. The summed E-state index contributed by atoms with van der Waals surface area (Å²) in [5.41, 5.74) is 0.288. The molecule has 1 N–H and O–H groups in total. The van der Waals surface area contributed by atoms with E-state index in [4.69, 9.17) is 9.15 Å². The van der Waals surface area contributed by atoms with E-state index in [1.165, 1.54) is 24.5 Å². The van der Waals surface area contributed by atoms with Gasteiger partial charge in [0.05, 0.1) is 12.0 Å². The molecule has 4 rings (SSSR count). The highest BCUT2D eigenvalue weighted by Gasteiger charge is 2.37. The second kappa shape index (κ2) is 9.09. The summed E-state index contributed by atoms with van der Waals surface area (Å²) < 4.78 is 12.0. The number of benzene rings is 2. The zero-order valence-corrected chi connectivity index (χ0v) is 19.7. The first-order chi connectivity index (χ1) is 15.3. The Bertz CT molecular complexity index is 1270. The summed E-state index contributed by atoms with van der Waals surface area (Å²) in [6.45, 7) is 0. The molecular formula is C22H12BrIN2O6. The smallest absolute Gasteiger partial charge is 0.379 e. The van der Waals surface area contributed by atoms with E-state index in [-0.39, 0.29) is 22.6 Å². The molecule has 1 fully saturated rings. The zero-order chi connectivity index (χ0) is 22.8. The van der Waals surface area contributed by atoms with Crippen molar-refractivity contribution in [1.82, 2.24) is 5.32 Å². The third-order valence-electron chi connectivity index (χ3n) is 4.38. The molecule has 0 radical (unpaired) electrons. The minimum atomic E-state index is -0.856. The molecular weight excluding hydrogens is 595 g/mol. The van der Waals surface area contributed by atoms with Gasteiger partial charge in [-0.3, -0.25) is 14.9 Å². The molecule has 8 nitrogen and oxygen atoms in total. The summed E-state index contributed by atoms with van der Waals surface area (Å²) >= 11 is 5.42. The van der Waals surface area contributed by atoms with Crippen LogP contribution < -0.4 is 15.0 Å². The maximum absolute atomic E-state index is 13.1. The molecule has 0 bridgehead atoms. The third-order valence-corrected chi connectivity index (χ3v) is 5.60. The van der Waals surface area contributed by atoms with Gasteiger partial charge in [0.25, 0.3) is 11.8 Å². The summed E-state index contributed by atoms with van der Waals surface area (Å²) in [4.78, 5) is 51.1. The number of nitrogens with zero attached hydrogens (tertiary/aromatic N) is 1. The van der Waals surface area contributed by atoms with Crippen molar-refractivity contribution in [2.75, 3.05) is 4.90 Å². The van der Waals surface area contributed by atoms with E-state index in [1.54, 1.807) is 42.5 Å². The van der Waals surface area contributed by atoms with E-state index in [0.29, 0.717) is 10.2 Å². The number of hydrogen-bond acceptors (Lipinski definition) is 6. The Kier molecular flexibility index (Phi) is 6.24. The largest absolute Gasteiger partial charge is 0.457 e. The van der Waals surface area contributed by atoms with Crippen LogP contribution in [0.15, 0.2) is 75.3 Å². The number of esters is 1. The molecule has 3 aromatic rings.